The number of carbonyl (C=O) groups excluding carboxylic acids is 15. The second-order valence-corrected chi connectivity index (χ2v) is 33.7. The first-order valence-electron chi connectivity index (χ1n) is 45.6. The molecular weight excluding hydrogens is 1780 g/mol. The molecule has 4 heterocycles. The van der Waals surface area contributed by atoms with Crippen molar-refractivity contribution in [1.82, 2.24) is 37.2 Å². The molecule has 0 aliphatic carbocycles. The number of amides is 8. The second kappa shape index (κ2) is 58.3. The van der Waals surface area contributed by atoms with Crippen LogP contribution in [0.4, 0.5) is 23.2 Å². The SMILES string of the molecule is CC(=O)NC1C(OCCCCCCNC(=O)CCOCC(COCCC(=O)NCCCCCCOC2OC(COC(C)=O)C(OC(C)=O)C(C)C2NC(C)=O)(COCCC(=O)NCCCCCCOC2OC(COC(C)=O)C(OC(C)=O)C(C)C2NC(C)=O)NC(=O)c2ccc3c(c2)CCN3C(=O)CCCC(=O)Oc2c(F)c(C)c(F)c(F)c2F)OC(COC(C)=O)C(OC(C)=O)C1C. The van der Waals surface area contributed by atoms with Crippen LogP contribution in [-0.2, 0) is 145 Å². The van der Waals surface area contributed by atoms with E-state index in [4.69, 9.17) is 75.8 Å². The van der Waals surface area contributed by atoms with Gasteiger partial charge in [-0.05, 0) is 82.1 Å². The maximum Gasteiger partial charge on any atom is 0.311 e. The van der Waals surface area contributed by atoms with Crippen LogP contribution in [0.5, 0.6) is 5.75 Å². The van der Waals surface area contributed by atoms with E-state index in [-0.39, 0.29) is 185 Å². The molecule has 39 nitrogen and oxygen atoms in total. The Labute approximate surface area is 777 Å². The minimum absolute atomic E-state index is 0.101. The Morgan fingerprint density at radius 2 is 0.791 bits per heavy atom. The molecule has 15 unspecified atom stereocenters. The van der Waals surface area contributed by atoms with Crippen molar-refractivity contribution in [2.45, 2.75) is 291 Å². The van der Waals surface area contributed by atoms with Gasteiger partial charge < -0.3 is 118 Å². The molecule has 43 heteroatoms. The highest BCUT2D eigenvalue weighted by Gasteiger charge is 2.51. The minimum Gasteiger partial charge on any atom is -0.463 e. The Kier molecular flexibility index (Phi) is 49.0. The Bertz CT molecular complexity index is 3940. The topological polar surface area (TPSA) is 491 Å². The van der Waals surface area contributed by atoms with E-state index >= 15 is 0 Å². The Balaban J connectivity index is 1.11. The van der Waals surface area contributed by atoms with Gasteiger partial charge in [0.05, 0.1) is 57.8 Å². The lowest BCUT2D eigenvalue weighted by Gasteiger charge is -2.44. The number of nitrogens with one attached hydrogen (secondary N) is 7. The van der Waals surface area contributed by atoms with E-state index < -0.39 is 192 Å². The zero-order valence-electron chi connectivity index (χ0n) is 78.8. The summed E-state index contributed by atoms with van der Waals surface area (Å²) in [7, 11) is 0. The number of unbranched alkanes of at least 4 members (excludes halogenated alkanes) is 9. The van der Waals surface area contributed by atoms with E-state index in [1.807, 2.05) is 0 Å². The first-order valence-corrected chi connectivity index (χ1v) is 45.6. The fourth-order valence-electron chi connectivity index (χ4n) is 15.7. The molecule has 0 spiro atoms. The Morgan fingerprint density at radius 1 is 0.425 bits per heavy atom. The molecule has 2 aromatic rings. The van der Waals surface area contributed by atoms with E-state index in [0.29, 0.717) is 88.3 Å². The summed E-state index contributed by atoms with van der Waals surface area (Å²) in [4.78, 5) is 191. The second-order valence-electron chi connectivity index (χ2n) is 33.7. The Hall–Kier alpha value is -10.2. The van der Waals surface area contributed by atoms with Gasteiger partial charge in [-0.15, -0.1) is 0 Å². The molecule has 15 atom stereocenters. The van der Waals surface area contributed by atoms with Gasteiger partial charge in [0.25, 0.3) is 5.91 Å². The summed E-state index contributed by atoms with van der Waals surface area (Å²) in [5, 5.41) is 20.2. The molecule has 8 amide bonds. The molecule has 134 heavy (non-hydrogen) atoms. The van der Waals surface area contributed by atoms with Gasteiger partial charge in [-0.1, -0.05) is 59.3 Å². The van der Waals surface area contributed by atoms with Gasteiger partial charge in [0.1, 0.15) is 62.0 Å². The molecule has 3 saturated heterocycles. The number of rotatable bonds is 58. The van der Waals surface area contributed by atoms with Gasteiger partial charge in [-0.3, -0.25) is 71.9 Å². The summed E-state index contributed by atoms with van der Waals surface area (Å²) in [6, 6.07) is 2.40. The maximum atomic E-state index is 14.9. The van der Waals surface area contributed by atoms with E-state index in [9.17, 15) is 89.5 Å². The highest BCUT2D eigenvalue weighted by atomic mass is 19.2. The van der Waals surface area contributed by atoms with E-state index in [0.717, 1.165) is 6.92 Å². The molecule has 7 N–H and O–H groups in total. The van der Waals surface area contributed by atoms with Gasteiger partial charge in [-0.25, -0.2) is 13.2 Å². The van der Waals surface area contributed by atoms with Crippen molar-refractivity contribution < 1.29 is 165 Å². The van der Waals surface area contributed by atoms with Crippen LogP contribution in [0, 0.1) is 47.9 Å². The van der Waals surface area contributed by atoms with Crippen molar-refractivity contribution in [3.8, 4) is 5.75 Å². The average Bonchev–Trinajstić information content (AvgIpc) is 1.03. The standard InChI is InChI=1S/C91H134F4N8O31/c1-52-76(92)78(94)79(95)86(77(52)93)134-75(117)28-26-27-74(116)103-38-31-65-45-66(29-30-67(65)103)87(118)102-91(49-119-42-32-71(113)96-35-20-14-17-23-39-122-88-80(99-56(5)104)53(2)83(128-62(11)110)68(131-88)46-125-59(8)107,50-120-43-33-72(114)97-36-21-15-18-24-40-123-89-81(100-57(6)105)54(3)84(129-63(12)111)69(132-89)47-126-60(9)108)51-121-44-34-73(115)98-37-22-16-19-25-41-124-90-82(101-58(7)106)55(4)85(130-64(13)112)70(133-90)48-127-61(10)109/h29-30,45,53-55,68-70,80-85,88-90H,14-28,31-44,46-51H2,1-13H3,(H,96,113)(H,97,114)(H,98,115)(H,99,104)(H,100,105)(H,101,106)(H,102,118). The van der Waals surface area contributed by atoms with Crippen molar-refractivity contribution in [2.24, 2.45) is 17.8 Å². The number of ether oxygens (including phenoxy) is 16. The quantitative estimate of drug-likeness (QED) is 0.00751. The summed E-state index contributed by atoms with van der Waals surface area (Å²) in [5.41, 5.74) is -1.44. The summed E-state index contributed by atoms with van der Waals surface area (Å²) in [5.74, 6) is -18.5. The fourth-order valence-corrected chi connectivity index (χ4v) is 15.7. The maximum absolute atomic E-state index is 14.9. The molecule has 4 aliphatic heterocycles. The molecule has 752 valence electrons. The zero-order valence-corrected chi connectivity index (χ0v) is 78.8. The van der Waals surface area contributed by atoms with Gasteiger partial charge in [-0.2, -0.15) is 4.39 Å². The molecule has 6 rings (SSSR count). The predicted molar refractivity (Wildman–Crippen MR) is 465 cm³/mol. The number of halogens is 4. The first-order chi connectivity index (χ1) is 63.7. The lowest BCUT2D eigenvalue weighted by molar-refractivity contribution is -0.262. The summed E-state index contributed by atoms with van der Waals surface area (Å²) in [6.45, 7) is 16.7. The van der Waals surface area contributed by atoms with Crippen LogP contribution in [0.3, 0.4) is 0 Å². The number of benzene rings is 2. The monoisotopic (exact) mass is 1910 g/mol. The van der Waals surface area contributed by atoms with Crippen LogP contribution in [0.2, 0.25) is 0 Å². The highest BCUT2D eigenvalue weighted by Crippen LogP contribution is 2.36. The lowest BCUT2D eigenvalue weighted by Crippen LogP contribution is -2.62. The third-order valence-corrected chi connectivity index (χ3v) is 22.5. The number of nitrogens with zero attached hydrogens (tertiary/aromatic N) is 1. The van der Waals surface area contributed by atoms with Crippen LogP contribution < -0.4 is 46.9 Å². The number of carbonyl (C=O) groups is 15. The smallest absolute Gasteiger partial charge is 0.311 e. The molecule has 0 aromatic heterocycles. The number of esters is 7. The molecule has 0 bridgehead atoms. The molecule has 2 aromatic carbocycles. The largest absolute Gasteiger partial charge is 0.463 e. The van der Waals surface area contributed by atoms with Crippen molar-refractivity contribution in [2.75, 3.05) is 110 Å². The number of fused-ring (bicyclic) bond motifs is 1. The summed E-state index contributed by atoms with van der Waals surface area (Å²) < 4.78 is 150. The summed E-state index contributed by atoms with van der Waals surface area (Å²) in [6.07, 6.45) is -2.06. The molecule has 0 radical (unpaired) electrons. The number of anilines is 1. The highest BCUT2D eigenvalue weighted by molar-refractivity contribution is 5.99. The van der Waals surface area contributed by atoms with Gasteiger partial charge >= 0.3 is 41.8 Å². The first kappa shape index (κ1) is 113. The van der Waals surface area contributed by atoms with Crippen LogP contribution in [-0.4, -0.2) is 274 Å². The van der Waals surface area contributed by atoms with Crippen LogP contribution in [0.25, 0.3) is 0 Å². The van der Waals surface area contributed by atoms with Gasteiger partial charge in [0.2, 0.25) is 52.9 Å². The summed E-state index contributed by atoms with van der Waals surface area (Å²) >= 11 is 0. The predicted octanol–water partition coefficient (Wildman–Crippen LogP) is 6.07. The fraction of sp³-hybridized carbons (Fsp3) is 0.703. The average molecular weight is 1910 g/mol. The lowest BCUT2D eigenvalue weighted by atomic mass is 9.88. The normalized spacial score (nSPS) is 22.3. The van der Waals surface area contributed by atoms with Crippen molar-refractivity contribution in [1.29, 1.82) is 0 Å². The van der Waals surface area contributed by atoms with Crippen LogP contribution in [0.1, 0.15) is 220 Å². The third-order valence-electron chi connectivity index (χ3n) is 22.5. The number of hydrogen-bond donors (Lipinski definition) is 7. The minimum atomic E-state index is -2.03. The molecule has 0 saturated carbocycles. The van der Waals surface area contributed by atoms with E-state index in [1.54, 1.807) is 32.9 Å². The molecule has 3 fully saturated rings. The van der Waals surface area contributed by atoms with E-state index in [1.165, 1.54) is 73.3 Å². The third kappa shape index (κ3) is 38.6. The van der Waals surface area contributed by atoms with Crippen LogP contribution in [0.15, 0.2) is 18.2 Å². The zero-order chi connectivity index (χ0) is 98.7. The van der Waals surface area contributed by atoms with Crippen LogP contribution >= 0.6 is 0 Å². The van der Waals surface area contributed by atoms with Crippen molar-refractivity contribution in [3.05, 3.63) is 58.2 Å². The van der Waals surface area contributed by atoms with E-state index in [2.05, 4.69) is 37.2 Å². The van der Waals surface area contributed by atoms with Gasteiger partial charge in [0, 0.05) is 175 Å². The number of hydrogen-bond acceptors (Lipinski definition) is 31. The molecular formula is C91H134F4N8O31. The van der Waals surface area contributed by atoms with Gasteiger partial charge in [0.15, 0.2) is 36.3 Å². The molecule has 4 aliphatic rings. The van der Waals surface area contributed by atoms with Crippen molar-refractivity contribution >= 4 is 94.7 Å². The Morgan fingerprint density at radius 3 is 1.14 bits per heavy atom. The van der Waals surface area contributed by atoms with Crippen molar-refractivity contribution in [3.63, 3.8) is 0 Å².